The molecule has 1 amide bonds. The van der Waals surface area contributed by atoms with Crippen molar-refractivity contribution in [2.45, 2.75) is 46.6 Å². The van der Waals surface area contributed by atoms with Crippen LogP contribution < -0.4 is 0 Å². The third-order valence-electron chi connectivity index (χ3n) is 6.04. The Hall–Kier alpha value is -2.10. The summed E-state index contributed by atoms with van der Waals surface area (Å²) < 4.78 is 0. The molecule has 0 radical (unpaired) electrons. The van der Waals surface area contributed by atoms with Crippen molar-refractivity contribution in [3.05, 3.63) is 75.3 Å². The van der Waals surface area contributed by atoms with Crippen molar-refractivity contribution in [3.8, 4) is 0 Å². The lowest BCUT2D eigenvalue weighted by Gasteiger charge is -2.34. The first-order valence-corrected chi connectivity index (χ1v) is 11.5. The smallest absolute Gasteiger partial charge is 0.248 e. The van der Waals surface area contributed by atoms with Gasteiger partial charge in [0.1, 0.15) is 0 Å². The van der Waals surface area contributed by atoms with Crippen LogP contribution in [0.1, 0.15) is 57.7 Å². The number of hydrogen-bond donors (Lipinski definition) is 0. The van der Waals surface area contributed by atoms with Gasteiger partial charge in [-0.1, -0.05) is 75.2 Å². The van der Waals surface area contributed by atoms with E-state index in [9.17, 15) is 4.79 Å². The molecule has 0 bridgehead atoms. The number of hydrazone groups is 1. The topological polar surface area (TPSA) is 32.7 Å². The minimum atomic E-state index is -0.520. The van der Waals surface area contributed by atoms with Crippen LogP contribution >= 0.6 is 23.2 Å². The molecule has 3 nitrogen and oxygen atoms in total. The predicted molar refractivity (Wildman–Crippen MR) is 129 cm³/mol. The molecule has 0 unspecified atom stereocenters. The van der Waals surface area contributed by atoms with Crippen molar-refractivity contribution < 1.29 is 4.79 Å². The van der Waals surface area contributed by atoms with Crippen LogP contribution in [-0.2, 0) is 4.79 Å². The Morgan fingerprint density at radius 3 is 2.19 bits per heavy atom. The van der Waals surface area contributed by atoms with Gasteiger partial charge < -0.3 is 0 Å². The van der Waals surface area contributed by atoms with E-state index < -0.39 is 5.41 Å². The fourth-order valence-corrected chi connectivity index (χ4v) is 4.81. The number of carbonyl (C=O) groups is 1. The van der Waals surface area contributed by atoms with Crippen LogP contribution in [0.15, 0.2) is 59.2 Å². The van der Waals surface area contributed by atoms with Crippen molar-refractivity contribution >= 4 is 40.9 Å². The number of amides is 1. The highest BCUT2D eigenvalue weighted by molar-refractivity contribution is 6.30. The maximum atomic E-state index is 13.4. The summed E-state index contributed by atoms with van der Waals surface area (Å²) in [5, 5.41) is 8.11. The normalized spacial score (nSPS) is 24.8. The van der Waals surface area contributed by atoms with Crippen LogP contribution in [0, 0.1) is 17.3 Å². The highest BCUT2D eigenvalue weighted by Crippen LogP contribution is 2.47. The van der Waals surface area contributed by atoms with Gasteiger partial charge in [-0.3, -0.25) is 4.79 Å². The molecule has 2 aromatic rings. The van der Waals surface area contributed by atoms with E-state index in [1.165, 1.54) is 5.57 Å². The number of nitrogens with zero attached hydrogens (tertiary/aromatic N) is 2. The van der Waals surface area contributed by atoms with Crippen molar-refractivity contribution in [1.29, 1.82) is 0 Å². The first-order chi connectivity index (χ1) is 14.6. The average Bonchev–Trinajstić information content (AvgIpc) is 3.08. The maximum Gasteiger partial charge on any atom is 0.248 e. The van der Waals surface area contributed by atoms with Gasteiger partial charge in [-0.05, 0) is 65.8 Å². The molecule has 0 aromatic heterocycles. The fourth-order valence-electron chi connectivity index (χ4n) is 4.55. The lowest BCUT2D eigenvalue weighted by Crippen LogP contribution is -2.38. The molecule has 162 valence electrons. The largest absolute Gasteiger partial charge is 0.272 e. The van der Waals surface area contributed by atoms with E-state index in [2.05, 4.69) is 13.0 Å². The molecule has 2 aliphatic rings. The fraction of sp³-hybridized carbons (Fsp3) is 0.385. The number of halogens is 2. The van der Waals surface area contributed by atoms with Crippen LogP contribution in [0.2, 0.25) is 10.0 Å². The van der Waals surface area contributed by atoms with Crippen LogP contribution in [0.25, 0.3) is 6.08 Å². The molecular weight excluding hydrogens is 427 g/mol. The molecule has 5 heteroatoms. The van der Waals surface area contributed by atoms with E-state index in [0.29, 0.717) is 10.9 Å². The first kappa shape index (κ1) is 22.1. The Bertz CT molecular complexity index is 1030. The third kappa shape index (κ3) is 4.58. The van der Waals surface area contributed by atoms with Crippen LogP contribution in [0.5, 0.6) is 0 Å². The van der Waals surface area contributed by atoms with E-state index in [1.807, 2.05) is 69.3 Å². The van der Waals surface area contributed by atoms with Gasteiger partial charge in [0.05, 0.1) is 11.8 Å². The van der Waals surface area contributed by atoms with E-state index in [-0.39, 0.29) is 17.9 Å². The van der Waals surface area contributed by atoms with Gasteiger partial charge in [0.25, 0.3) is 0 Å². The van der Waals surface area contributed by atoms with Crippen LogP contribution in [0.3, 0.4) is 0 Å². The van der Waals surface area contributed by atoms with Gasteiger partial charge >= 0.3 is 0 Å². The molecule has 31 heavy (non-hydrogen) atoms. The van der Waals surface area contributed by atoms with Crippen LogP contribution in [-0.4, -0.2) is 16.6 Å². The summed E-state index contributed by atoms with van der Waals surface area (Å²) in [5.41, 5.74) is 3.89. The van der Waals surface area contributed by atoms with Crippen molar-refractivity contribution in [2.75, 3.05) is 0 Å². The highest BCUT2D eigenvalue weighted by atomic mass is 35.5. The van der Waals surface area contributed by atoms with Crippen molar-refractivity contribution in [1.82, 2.24) is 5.01 Å². The molecule has 1 heterocycles. The zero-order chi connectivity index (χ0) is 22.3. The maximum absolute atomic E-state index is 13.4. The number of rotatable bonds is 2. The Morgan fingerprint density at radius 2 is 1.61 bits per heavy atom. The minimum Gasteiger partial charge on any atom is -0.272 e. The predicted octanol–water partition coefficient (Wildman–Crippen LogP) is 7.41. The van der Waals surface area contributed by atoms with Gasteiger partial charge in [0, 0.05) is 21.4 Å². The van der Waals surface area contributed by atoms with Gasteiger partial charge in [0.2, 0.25) is 5.91 Å². The average molecular weight is 455 g/mol. The number of allylic oxidation sites excluding steroid dienone is 1. The van der Waals surface area contributed by atoms with Gasteiger partial charge in [-0.2, -0.15) is 5.10 Å². The zero-order valence-corrected chi connectivity index (χ0v) is 19.9. The quantitative estimate of drug-likeness (QED) is 0.464. The molecule has 1 fully saturated rings. The standard InChI is InChI=1S/C26H28Cl2N2O/c1-16-13-19(15-17-5-9-20(27)10-6-17)23-22(14-16)24(18-7-11-21(28)12-8-18)30(29-23)25(31)26(2,3)4/h5-12,15-16,22,24H,13-14H2,1-4H3/b19-15+/t16-,22+,24+/m1/s1. The Kier molecular flexibility index (Phi) is 6.02. The Balaban J connectivity index is 1.80. The summed E-state index contributed by atoms with van der Waals surface area (Å²) in [5.74, 6) is 0.699. The van der Waals surface area contributed by atoms with Gasteiger partial charge in [0.15, 0.2) is 0 Å². The number of benzene rings is 2. The lowest BCUT2D eigenvalue weighted by molar-refractivity contribution is -0.142. The molecule has 1 aliphatic carbocycles. The van der Waals surface area contributed by atoms with Crippen molar-refractivity contribution in [2.24, 2.45) is 22.4 Å². The molecule has 0 N–H and O–H groups in total. The second-order valence-electron chi connectivity index (χ2n) is 9.75. The second-order valence-corrected chi connectivity index (χ2v) is 10.6. The van der Waals surface area contributed by atoms with Gasteiger partial charge in [-0.15, -0.1) is 0 Å². The second kappa shape index (κ2) is 8.44. The number of carbonyl (C=O) groups excluding carboxylic acids is 1. The van der Waals surface area contributed by atoms with E-state index >= 15 is 0 Å². The SMILES string of the molecule is C[C@@H]1C/C(=C\c2ccc(Cl)cc2)C2=NN(C(=O)C(C)(C)C)[C@@H](c3ccc(Cl)cc3)[C@H]2C1. The summed E-state index contributed by atoms with van der Waals surface area (Å²) in [7, 11) is 0. The summed E-state index contributed by atoms with van der Waals surface area (Å²) in [4.78, 5) is 13.4. The van der Waals surface area contributed by atoms with Crippen molar-refractivity contribution in [3.63, 3.8) is 0 Å². The third-order valence-corrected chi connectivity index (χ3v) is 6.54. The Morgan fingerprint density at radius 1 is 1.03 bits per heavy atom. The number of fused-ring (bicyclic) bond motifs is 1. The molecule has 0 spiro atoms. The molecule has 1 aliphatic heterocycles. The molecule has 2 aromatic carbocycles. The molecular formula is C26H28Cl2N2O. The molecule has 3 atom stereocenters. The van der Waals surface area contributed by atoms with E-state index in [1.54, 1.807) is 5.01 Å². The lowest BCUT2D eigenvalue weighted by atomic mass is 9.73. The zero-order valence-electron chi connectivity index (χ0n) is 18.4. The van der Waals surface area contributed by atoms with Crippen LogP contribution in [0.4, 0.5) is 0 Å². The molecule has 1 saturated carbocycles. The number of hydrogen-bond acceptors (Lipinski definition) is 2. The summed E-state index contributed by atoms with van der Waals surface area (Å²) in [6.07, 6.45) is 4.14. The first-order valence-electron chi connectivity index (χ1n) is 10.8. The summed E-state index contributed by atoms with van der Waals surface area (Å²) >= 11 is 12.2. The van der Waals surface area contributed by atoms with E-state index in [4.69, 9.17) is 28.3 Å². The van der Waals surface area contributed by atoms with E-state index in [0.717, 1.165) is 34.7 Å². The summed E-state index contributed by atoms with van der Waals surface area (Å²) in [6, 6.07) is 15.6. The molecule has 0 saturated heterocycles. The van der Waals surface area contributed by atoms with Gasteiger partial charge in [-0.25, -0.2) is 5.01 Å². The molecule has 4 rings (SSSR count). The Labute approximate surface area is 194 Å². The summed E-state index contributed by atoms with van der Waals surface area (Å²) in [6.45, 7) is 8.12. The minimum absolute atomic E-state index is 0.0350. The highest BCUT2D eigenvalue weighted by Gasteiger charge is 2.47. The monoisotopic (exact) mass is 454 g/mol.